The summed E-state index contributed by atoms with van der Waals surface area (Å²) in [5.74, 6) is 0.245. The van der Waals surface area contributed by atoms with Gasteiger partial charge in [-0.3, -0.25) is 10.1 Å². The standard InChI is InChI=1S/C18H19ClN2O3S/c1-2-24-18(23)20-12-7-8-16-14(11-12)21(17(22)9-10-19)13-5-3-4-6-15(13)25-16/h3-8,11,14,16H,2,9-10H2,1H3,(H,20,23)/t14-,16+/m1/s1. The van der Waals surface area contributed by atoms with Crippen LogP contribution in [0.3, 0.4) is 0 Å². The Morgan fingerprint density at radius 2 is 2.16 bits per heavy atom. The predicted molar refractivity (Wildman–Crippen MR) is 100 cm³/mol. The van der Waals surface area contributed by atoms with Gasteiger partial charge in [0, 0.05) is 22.9 Å². The second-order valence-corrected chi connectivity index (χ2v) is 7.17. The molecule has 7 heteroatoms. The van der Waals surface area contributed by atoms with Gasteiger partial charge in [-0.15, -0.1) is 23.4 Å². The minimum Gasteiger partial charge on any atom is -0.450 e. The number of ether oxygens (including phenoxy) is 1. The summed E-state index contributed by atoms with van der Waals surface area (Å²) in [5.41, 5.74) is 1.51. The molecule has 0 fully saturated rings. The van der Waals surface area contributed by atoms with Crippen LogP contribution in [-0.4, -0.2) is 35.8 Å². The van der Waals surface area contributed by atoms with E-state index in [-0.39, 0.29) is 29.5 Å². The normalized spacial score (nSPS) is 21.0. The molecule has 1 N–H and O–H groups in total. The Kier molecular flexibility index (Phi) is 5.71. The molecule has 0 unspecified atom stereocenters. The van der Waals surface area contributed by atoms with E-state index in [1.165, 1.54) is 0 Å². The van der Waals surface area contributed by atoms with Crippen LogP contribution in [0.25, 0.3) is 0 Å². The van der Waals surface area contributed by atoms with Crippen molar-refractivity contribution < 1.29 is 14.3 Å². The molecule has 3 rings (SSSR count). The number of hydrogen-bond acceptors (Lipinski definition) is 4. The van der Waals surface area contributed by atoms with E-state index < -0.39 is 6.09 Å². The fourth-order valence-corrected chi connectivity index (χ4v) is 4.31. The van der Waals surface area contributed by atoms with Crippen LogP contribution in [0.4, 0.5) is 10.5 Å². The number of nitrogens with zero attached hydrogens (tertiary/aromatic N) is 1. The summed E-state index contributed by atoms with van der Waals surface area (Å²) in [6.07, 6.45) is 5.52. The van der Waals surface area contributed by atoms with Crippen molar-refractivity contribution in [3.8, 4) is 0 Å². The number of carbonyl (C=O) groups is 2. The first-order valence-electron chi connectivity index (χ1n) is 8.11. The Bertz CT molecular complexity index is 735. The molecule has 0 spiro atoms. The maximum Gasteiger partial charge on any atom is 0.411 e. The number of carbonyl (C=O) groups excluding carboxylic acids is 2. The number of amides is 2. The van der Waals surface area contributed by atoms with Gasteiger partial charge in [0.25, 0.3) is 0 Å². The zero-order valence-corrected chi connectivity index (χ0v) is 15.3. The maximum atomic E-state index is 12.7. The average molecular weight is 379 g/mol. The molecule has 0 aromatic heterocycles. The molecule has 0 bridgehead atoms. The van der Waals surface area contributed by atoms with E-state index >= 15 is 0 Å². The molecule has 2 aliphatic rings. The molecular weight excluding hydrogens is 360 g/mol. The van der Waals surface area contributed by atoms with Gasteiger partial charge in [0.1, 0.15) is 0 Å². The first kappa shape index (κ1) is 17.9. The number of thioether (sulfide) groups is 1. The zero-order chi connectivity index (χ0) is 17.8. The number of benzene rings is 1. The fourth-order valence-electron chi connectivity index (χ4n) is 2.91. The van der Waals surface area contributed by atoms with Crippen molar-refractivity contribution in [1.82, 2.24) is 5.32 Å². The highest BCUT2D eigenvalue weighted by atomic mass is 35.5. The molecular formula is C18H19ClN2O3S. The van der Waals surface area contributed by atoms with Crippen LogP contribution in [0.5, 0.6) is 0 Å². The molecule has 2 amide bonds. The van der Waals surface area contributed by atoms with Crippen LogP contribution < -0.4 is 10.2 Å². The summed E-state index contributed by atoms with van der Waals surface area (Å²) < 4.78 is 4.92. The van der Waals surface area contributed by atoms with Crippen LogP contribution in [0, 0.1) is 0 Å². The van der Waals surface area contributed by atoms with E-state index in [4.69, 9.17) is 16.3 Å². The number of hydrogen-bond donors (Lipinski definition) is 1. The van der Waals surface area contributed by atoms with Gasteiger partial charge in [-0.1, -0.05) is 18.2 Å². The molecule has 1 aromatic rings. The number of fused-ring (bicyclic) bond motifs is 2. The Balaban J connectivity index is 1.92. The number of para-hydroxylation sites is 1. The molecule has 132 valence electrons. The van der Waals surface area contributed by atoms with E-state index in [1.807, 2.05) is 42.5 Å². The fraction of sp³-hybridized carbons (Fsp3) is 0.333. The summed E-state index contributed by atoms with van der Waals surface area (Å²) in [7, 11) is 0. The van der Waals surface area contributed by atoms with Gasteiger partial charge < -0.3 is 9.64 Å². The lowest BCUT2D eigenvalue weighted by atomic mass is 10.0. The lowest BCUT2D eigenvalue weighted by Gasteiger charge is -2.41. The first-order valence-corrected chi connectivity index (χ1v) is 9.53. The molecule has 25 heavy (non-hydrogen) atoms. The summed E-state index contributed by atoms with van der Waals surface area (Å²) in [6.45, 7) is 2.06. The van der Waals surface area contributed by atoms with E-state index in [9.17, 15) is 9.59 Å². The van der Waals surface area contributed by atoms with Crippen LogP contribution >= 0.6 is 23.4 Å². The maximum absolute atomic E-state index is 12.7. The number of halogens is 1. The topological polar surface area (TPSA) is 58.6 Å². The highest BCUT2D eigenvalue weighted by Gasteiger charge is 2.37. The SMILES string of the molecule is CCOC(=O)NC1=C[C@@H]2[C@H](C=C1)Sc1ccccc1N2C(=O)CCCl. The average Bonchev–Trinajstić information content (AvgIpc) is 2.60. The van der Waals surface area contributed by atoms with Crippen molar-refractivity contribution in [3.05, 3.63) is 48.2 Å². The zero-order valence-electron chi connectivity index (χ0n) is 13.8. The van der Waals surface area contributed by atoms with Gasteiger partial charge in [0.15, 0.2) is 0 Å². The van der Waals surface area contributed by atoms with Crippen LogP contribution in [0.2, 0.25) is 0 Å². The third-order valence-corrected chi connectivity index (χ3v) is 5.43. The molecule has 2 atom stereocenters. The smallest absolute Gasteiger partial charge is 0.411 e. The summed E-state index contributed by atoms with van der Waals surface area (Å²) in [5, 5.41) is 2.79. The molecule has 5 nitrogen and oxygen atoms in total. The Labute approximate surface area is 156 Å². The number of alkyl halides is 1. The highest BCUT2D eigenvalue weighted by molar-refractivity contribution is 8.00. The lowest BCUT2D eigenvalue weighted by Crippen LogP contribution is -2.48. The van der Waals surface area contributed by atoms with Crippen LogP contribution in [-0.2, 0) is 9.53 Å². The largest absolute Gasteiger partial charge is 0.450 e. The molecule has 0 saturated heterocycles. The van der Waals surface area contributed by atoms with Gasteiger partial charge >= 0.3 is 6.09 Å². The first-order chi connectivity index (χ1) is 12.1. The molecule has 1 aliphatic carbocycles. The number of rotatable bonds is 4. The van der Waals surface area contributed by atoms with Gasteiger partial charge in [-0.05, 0) is 31.2 Å². The van der Waals surface area contributed by atoms with Crippen molar-refractivity contribution >= 4 is 41.1 Å². The second-order valence-electron chi connectivity index (χ2n) is 5.57. The van der Waals surface area contributed by atoms with Crippen molar-refractivity contribution in [3.63, 3.8) is 0 Å². The van der Waals surface area contributed by atoms with E-state index in [2.05, 4.69) is 5.32 Å². The molecule has 1 aromatic carbocycles. The summed E-state index contributed by atoms with van der Waals surface area (Å²) in [4.78, 5) is 27.2. The van der Waals surface area contributed by atoms with Gasteiger partial charge in [-0.25, -0.2) is 4.79 Å². The second kappa shape index (κ2) is 7.97. The molecule has 1 heterocycles. The van der Waals surface area contributed by atoms with Crippen molar-refractivity contribution in [2.45, 2.75) is 29.5 Å². The summed E-state index contributed by atoms with van der Waals surface area (Å²) >= 11 is 7.50. The van der Waals surface area contributed by atoms with Crippen LogP contribution in [0.15, 0.2) is 53.1 Å². The van der Waals surface area contributed by atoms with Crippen molar-refractivity contribution in [2.24, 2.45) is 0 Å². The van der Waals surface area contributed by atoms with E-state index in [0.717, 1.165) is 10.6 Å². The molecule has 1 aliphatic heterocycles. The van der Waals surface area contributed by atoms with Gasteiger partial charge in [-0.2, -0.15) is 0 Å². The van der Waals surface area contributed by atoms with Crippen molar-refractivity contribution in [2.75, 3.05) is 17.4 Å². The monoisotopic (exact) mass is 378 g/mol. The van der Waals surface area contributed by atoms with E-state index in [0.29, 0.717) is 12.3 Å². The highest BCUT2D eigenvalue weighted by Crippen LogP contribution is 2.44. The lowest BCUT2D eigenvalue weighted by molar-refractivity contribution is -0.118. The minimum absolute atomic E-state index is 0.0280. The number of anilines is 1. The summed E-state index contributed by atoms with van der Waals surface area (Å²) in [6, 6.07) is 7.65. The third kappa shape index (κ3) is 3.85. The number of nitrogens with one attached hydrogen (secondary N) is 1. The Hall–Kier alpha value is -1.92. The predicted octanol–water partition coefficient (Wildman–Crippen LogP) is 3.69. The van der Waals surface area contributed by atoms with E-state index in [1.54, 1.807) is 23.6 Å². The Morgan fingerprint density at radius 3 is 2.92 bits per heavy atom. The Morgan fingerprint density at radius 1 is 1.36 bits per heavy atom. The minimum atomic E-state index is -0.501. The quantitative estimate of drug-likeness (QED) is 0.812. The molecule has 0 radical (unpaired) electrons. The number of allylic oxidation sites excluding steroid dienone is 1. The van der Waals surface area contributed by atoms with Gasteiger partial charge in [0.2, 0.25) is 5.91 Å². The number of alkyl carbamates (subject to hydrolysis) is 1. The van der Waals surface area contributed by atoms with Crippen molar-refractivity contribution in [1.29, 1.82) is 0 Å². The third-order valence-electron chi connectivity index (χ3n) is 3.94. The van der Waals surface area contributed by atoms with Crippen LogP contribution in [0.1, 0.15) is 13.3 Å². The van der Waals surface area contributed by atoms with Gasteiger partial charge in [0.05, 0.1) is 23.6 Å². The molecule has 0 saturated carbocycles.